The Kier molecular flexibility index (Phi) is 6.78. The van der Waals surface area contributed by atoms with E-state index in [0.29, 0.717) is 17.9 Å². The molecule has 0 aliphatic carbocycles. The molecule has 170 valence electrons. The maximum atomic E-state index is 12.6. The quantitative estimate of drug-likeness (QED) is 0.553. The normalized spacial score (nSPS) is 16.6. The van der Waals surface area contributed by atoms with Gasteiger partial charge in [-0.2, -0.15) is 8.42 Å². The van der Waals surface area contributed by atoms with Gasteiger partial charge < -0.3 is 4.90 Å². The number of benzene rings is 1. The molecular weight excluding hydrogens is 442 g/mol. The average molecular weight is 472 g/mol. The van der Waals surface area contributed by atoms with Gasteiger partial charge in [0.15, 0.2) is 10.8 Å². The maximum Gasteiger partial charge on any atom is 0.280 e. The molecule has 0 saturated carbocycles. The Balaban J connectivity index is 1.41. The Hall–Kier alpha value is -2.49. The molecular formula is C23H29N5O2S2. The van der Waals surface area contributed by atoms with Crippen molar-refractivity contribution in [3.05, 3.63) is 64.6 Å². The highest BCUT2D eigenvalue weighted by Gasteiger charge is 2.27. The van der Waals surface area contributed by atoms with E-state index in [2.05, 4.69) is 68.8 Å². The number of hydrogen-bond donors (Lipinski definition) is 1. The molecule has 3 heterocycles. The van der Waals surface area contributed by atoms with E-state index in [9.17, 15) is 8.42 Å². The van der Waals surface area contributed by atoms with Crippen molar-refractivity contribution in [2.75, 3.05) is 29.8 Å². The molecule has 3 aromatic rings. The third-order valence-electron chi connectivity index (χ3n) is 6.26. The molecule has 0 spiro atoms. The molecule has 1 unspecified atom stereocenters. The lowest BCUT2D eigenvalue weighted by Gasteiger charge is -2.40. The second-order valence-electron chi connectivity index (χ2n) is 8.25. The molecule has 1 atom stereocenters. The van der Waals surface area contributed by atoms with E-state index < -0.39 is 10.0 Å². The summed E-state index contributed by atoms with van der Waals surface area (Å²) in [5, 5.41) is 1.66. The predicted octanol–water partition coefficient (Wildman–Crippen LogP) is 4.31. The van der Waals surface area contributed by atoms with Gasteiger partial charge in [0.2, 0.25) is 0 Å². The number of nitrogens with one attached hydrogen (secondary N) is 1. The lowest BCUT2D eigenvalue weighted by atomic mass is 9.99. The molecule has 0 radical (unpaired) electrons. The highest BCUT2D eigenvalue weighted by Crippen LogP contribution is 2.29. The summed E-state index contributed by atoms with van der Waals surface area (Å²) < 4.78 is 27.7. The molecule has 2 aromatic heterocycles. The molecule has 1 aliphatic heterocycles. The van der Waals surface area contributed by atoms with Gasteiger partial charge in [-0.25, -0.2) is 9.97 Å². The molecule has 9 heteroatoms. The van der Waals surface area contributed by atoms with Gasteiger partial charge in [-0.15, -0.1) is 11.3 Å². The van der Waals surface area contributed by atoms with E-state index in [1.807, 2.05) is 6.92 Å². The van der Waals surface area contributed by atoms with Crippen LogP contribution in [0.3, 0.4) is 0 Å². The number of anilines is 2. The number of aryl methyl sites for hydroxylation is 1. The minimum atomic E-state index is -3.76. The van der Waals surface area contributed by atoms with Gasteiger partial charge in [-0.05, 0) is 43.9 Å². The van der Waals surface area contributed by atoms with Gasteiger partial charge >= 0.3 is 0 Å². The summed E-state index contributed by atoms with van der Waals surface area (Å²) >= 11 is 1.33. The number of aromatic nitrogens is 2. The zero-order valence-electron chi connectivity index (χ0n) is 18.6. The first kappa shape index (κ1) is 22.7. The molecule has 0 amide bonds. The first-order chi connectivity index (χ1) is 15.3. The number of likely N-dealkylation sites (tertiary alicyclic amines) is 1. The second kappa shape index (κ2) is 9.56. The SMILES string of the molecule is Cc1cc(S(=O)(=O)Nc2cscn2)ncc1N(C)C1CCN(C(C)c2ccccc2)CC1. The molecule has 0 bridgehead atoms. The first-order valence-electron chi connectivity index (χ1n) is 10.7. The smallest absolute Gasteiger partial charge is 0.280 e. The summed E-state index contributed by atoms with van der Waals surface area (Å²) in [6.45, 7) is 6.26. The summed E-state index contributed by atoms with van der Waals surface area (Å²) in [6, 6.07) is 13.1. The standard InChI is InChI=1S/C23H29N5O2S2/c1-17-13-23(32(29,30)26-22-15-31-16-25-22)24-14-21(17)27(3)20-9-11-28(12-10-20)18(2)19-7-5-4-6-8-19/h4-8,13-16,18,20,26H,9-12H2,1-3H3. The number of rotatable bonds is 7. The van der Waals surface area contributed by atoms with E-state index in [1.54, 1.807) is 23.2 Å². The second-order valence-corrected chi connectivity index (χ2v) is 10.6. The molecule has 1 aliphatic rings. The summed E-state index contributed by atoms with van der Waals surface area (Å²) in [5.41, 5.74) is 4.79. The summed E-state index contributed by atoms with van der Waals surface area (Å²) in [4.78, 5) is 13.0. The summed E-state index contributed by atoms with van der Waals surface area (Å²) in [7, 11) is -1.68. The molecule has 7 nitrogen and oxygen atoms in total. The van der Waals surface area contributed by atoms with E-state index >= 15 is 0 Å². The van der Waals surface area contributed by atoms with Gasteiger partial charge in [0.1, 0.15) is 0 Å². The topological polar surface area (TPSA) is 78.4 Å². The van der Waals surface area contributed by atoms with Crippen LogP contribution in [0.2, 0.25) is 0 Å². The maximum absolute atomic E-state index is 12.6. The van der Waals surface area contributed by atoms with Crippen LogP contribution in [0, 0.1) is 6.92 Å². The van der Waals surface area contributed by atoms with Gasteiger partial charge in [-0.3, -0.25) is 9.62 Å². The average Bonchev–Trinajstić information content (AvgIpc) is 3.31. The Labute approximate surface area is 194 Å². The molecule has 1 saturated heterocycles. The third kappa shape index (κ3) is 4.95. The number of nitrogens with zero attached hydrogens (tertiary/aromatic N) is 4. The Morgan fingerprint density at radius 3 is 2.53 bits per heavy atom. The minimum absolute atomic E-state index is 0.00616. The number of sulfonamides is 1. The fourth-order valence-corrected chi connectivity index (χ4v) is 5.87. The summed E-state index contributed by atoms with van der Waals surface area (Å²) in [5.74, 6) is 0.312. The van der Waals surface area contributed by atoms with Crippen molar-refractivity contribution in [3.63, 3.8) is 0 Å². The highest BCUT2D eigenvalue weighted by atomic mass is 32.2. The van der Waals surface area contributed by atoms with E-state index in [-0.39, 0.29) is 5.03 Å². The van der Waals surface area contributed by atoms with Crippen LogP contribution in [-0.2, 0) is 10.0 Å². The number of pyridine rings is 1. The lowest BCUT2D eigenvalue weighted by molar-refractivity contribution is 0.162. The predicted molar refractivity (Wildman–Crippen MR) is 130 cm³/mol. The zero-order chi connectivity index (χ0) is 22.7. The van der Waals surface area contributed by atoms with Crippen molar-refractivity contribution >= 4 is 32.9 Å². The minimum Gasteiger partial charge on any atom is -0.370 e. The van der Waals surface area contributed by atoms with Gasteiger partial charge in [0.05, 0.1) is 17.4 Å². The van der Waals surface area contributed by atoms with Crippen LogP contribution in [0.4, 0.5) is 11.5 Å². The van der Waals surface area contributed by atoms with Crippen molar-refractivity contribution in [2.45, 2.75) is 43.8 Å². The van der Waals surface area contributed by atoms with Crippen LogP contribution in [-0.4, -0.2) is 49.5 Å². The molecule has 1 aromatic carbocycles. The van der Waals surface area contributed by atoms with Gasteiger partial charge in [-0.1, -0.05) is 30.3 Å². The molecule has 1 fully saturated rings. The van der Waals surface area contributed by atoms with Gasteiger partial charge in [0.25, 0.3) is 10.0 Å². The van der Waals surface area contributed by atoms with Crippen LogP contribution in [0.1, 0.15) is 36.9 Å². The Morgan fingerprint density at radius 1 is 1.19 bits per heavy atom. The highest BCUT2D eigenvalue weighted by molar-refractivity contribution is 7.92. The largest absolute Gasteiger partial charge is 0.370 e. The Bertz CT molecular complexity index is 1130. The number of hydrogen-bond acceptors (Lipinski definition) is 7. The van der Waals surface area contributed by atoms with Gasteiger partial charge in [0, 0.05) is 37.6 Å². The van der Waals surface area contributed by atoms with Crippen molar-refractivity contribution < 1.29 is 8.42 Å². The van der Waals surface area contributed by atoms with E-state index in [0.717, 1.165) is 37.2 Å². The lowest BCUT2D eigenvalue weighted by Crippen LogP contribution is -2.44. The van der Waals surface area contributed by atoms with Crippen molar-refractivity contribution in [1.29, 1.82) is 0 Å². The van der Waals surface area contributed by atoms with Crippen LogP contribution in [0.5, 0.6) is 0 Å². The monoisotopic (exact) mass is 471 g/mol. The number of piperidine rings is 1. The first-order valence-corrected chi connectivity index (χ1v) is 13.2. The molecule has 32 heavy (non-hydrogen) atoms. The Morgan fingerprint density at radius 2 is 1.91 bits per heavy atom. The van der Waals surface area contributed by atoms with Crippen LogP contribution in [0.25, 0.3) is 0 Å². The third-order valence-corrected chi connectivity index (χ3v) is 8.10. The molecule has 1 N–H and O–H groups in total. The van der Waals surface area contributed by atoms with Crippen LogP contribution < -0.4 is 9.62 Å². The summed E-state index contributed by atoms with van der Waals surface area (Å²) in [6.07, 6.45) is 3.78. The van der Waals surface area contributed by atoms with E-state index in [1.165, 1.54) is 16.9 Å². The van der Waals surface area contributed by atoms with Crippen molar-refractivity contribution in [1.82, 2.24) is 14.9 Å². The van der Waals surface area contributed by atoms with E-state index in [4.69, 9.17) is 0 Å². The van der Waals surface area contributed by atoms with Crippen LogP contribution in [0.15, 0.2) is 58.5 Å². The van der Waals surface area contributed by atoms with Crippen LogP contribution >= 0.6 is 11.3 Å². The zero-order valence-corrected chi connectivity index (χ0v) is 20.2. The van der Waals surface area contributed by atoms with Crippen molar-refractivity contribution in [3.8, 4) is 0 Å². The molecule has 4 rings (SSSR count). The fraction of sp³-hybridized carbons (Fsp3) is 0.391. The van der Waals surface area contributed by atoms with Crippen molar-refractivity contribution in [2.24, 2.45) is 0 Å². The fourth-order valence-electron chi connectivity index (χ4n) is 4.29. The number of thiazole rings is 1.